The van der Waals surface area contributed by atoms with Crippen LogP contribution in [0.1, 0.15) is 53.4 Å². The number of rotatable bonds is 5. The van der Waals surface area contributed by atoms with Gasteiger partial charge in [0.25, 0.3) is 0 Å². The van der Waals surface area contributed by atoms with Gasteiger partial charge >= 0.3 is 0 Å². The van der Waals surface area contributed by atoms with Gasteiger partial charge in [0.1, 0.15) is 0 Å². The summed E-state index contributed by atoms with van der Waals surface area (Å²) in [5.41, 5.74) is 0.798. The molecule has 1 heterocycles. The van der Waals surface area contributed by atoms with Gasteiger partial charge in [-0.2, -0.15) is 0 Å². The van der Waals surface area contributed by atoms with E-state index in [-0.39, 0.29) is 0 Å². The first-order valence-electron chi connectivity index (χ1n) is 6.43. The molecule has 1 aliphatic heterocycles. The van der Waals surface area contributed by atoms with Crippen molar-refractivity contribution in [2.75, 3.05) is 19.6 Å². The molecule has 1 unspecified atom stereocenters. The van der Waals surface area contributed by atoms with E-state index in [1.807, 2.05) is 0 Å². The minimum Gasteiger partial charge on any atom is -0.314 e. The van der Waals surface area contributed by atoms with Crippen molar-refractivity contribution in [1.82, 2.24) is 10.6 Å². The summed E-state index contributed by atoms with van der Waals surface area (Å²) < 4.78 is 0. The van der Waals surface area contributed by atoms with E-state index < -0.39 is 0 Å². The van der Waals surface area contributed by atoms with Crippen LogP contribution in [0, 0.1) is 5.41 Å². The second kappa shape index (κ2) is 5.31. The third kappa shape index (κ3) is 4.52. The van der Waals surface area contributed by atoms with Gasteiger partial charge in [-0.15, -0.1) is 0 Å². The molecule has 1 saturated heterocycles. The first-order valence-corrected chi connectivity index (χ1v) is 6.43. The maximum Gasteiger partial charge on any atom is 0.0306 e. The van der Waals surface area contributed by atoms with Crippen molar-refractivity contribution < 1.29 is 0 Å². The summed E-state index contributed by atoms with van der Waals surface area (Å²) in [7, 11) is 0. The van der Waals surface area contributed by atoms with Crippen LogP contribution in [-0.2, 0) is 0 Å². The molecule has 0 spiro atoms. The molecule has 0 aromatic rings. The molecule has 0 aromatic heterocycles. The lowest BCUT2D eigenvalue weighted by Crippen LogP contribution is -2.49. The Labute approximate surface area is 95.2 Å². The zero-order chi connectivity index (χ0) is 11.4. The molecule has 1 aliphatic rings. The lowest BCUT2D eigenvalue weighted by molar-refractivity contribution is 0.295. The molecule has 0 saturated carbocycles. The molecule has 0 amide bonds. The summed E-state index contributed by atoms with van der Waals surface area (Å²) in [6.45, 7) is 12.6. The van der Waals surface area contributed by atoms with Gasteiger partial charge < -0.3 is 10.6 Å². The highest BCUT2D eigenvalue weighted by Gasteiger charge is 2.32. The van der Waals surface area contributed by atoms with E-state index >= 15 is 0 Å². The third-order valence-electron chi connectivity index (χ3n) is 3.18. The quantitative estimate of drug-likeness (QED) is 0.732. The van der Waals surface area contributed by atoms with E-state index in [1.165, 1.54) is 32.2 Å². The van der Waals surface area contributed by atoms with Gasteiger partial charge in [0.2, 0.25) is 0 Å². The van der Waals surface area contributed by atoms with E-state index in [2.05, 4.69) is 38.3 Å². The van der Waals surface area contributed by atoms with E-state index in [0.29, 0.717) is 11.0 Å². The van der Waals surface area contributed by atoms with Crippen molar-refractivity contribution in [2.45, 2.75) is 58.9 Å². The zero-order valence-electron chi connectivity index (χ0n) is 10.9. The second-order valence-corrected chi connectivity index (χ2v) is 6.22. The Morgan fingerprint density at radius 1 is 1.33 bits per heavy atom. The Morgan fingerprint density at radius 3 is 2.53 bits per heavy atom. The van der Waals surface area contributed by atoms with Gasteiger partial charge in [-0.1, -0.05) is 34.1 Å². The van der Waals surface area contributed by atoms with Gasteiger partial charge in [-0.05, 0) is 31.2 Å². The summed E-state index contributed by atoms with van der Waals surface area (Å²) in [4.78, 5) is 0. The van der Waals surface area contributed by atoms with Crippen molar-refractivity contribution in [2.24, 2.45) is 5.41 Å². The van der Waals surface area contributed by atoms with Crippen LogP contribution in [0.15, 0.2) is 0 Å². The first kappa shape index (κ1) is 13.0. The predicted octanol–water partition coefficient (Wildman–Crippen LogP) is 2.54. The molecule has 1 fully saturated rings. The van der Waals surface area contributed by atoms with Crippen molar-refractivity contribution >= 4 is 0 Å². The lowest BCUT2D eigenvalue weighted by Gasteiger charge is -2.31. The fourth-order valence-corrected chi connectivity index (χ4v) is 2.48. The first-order chi connectivity index (χ1) is 6.97. The summed E-state index contributed by atoms with van der Waals surface area (Å²) in [5, 5.41) is 7.33. The average Bonchev–Trinajstić information content (AvgIpc) is 2.52. The largest absolute Gasteiger partial charge is 0.314 e. The molecular weight excluding hydrogens is 184 g/mol. The van der Waals surface area contributed by atoms with Crippen LogP contribution in [0.5, 0.6) is 0 Å². The Kier molecular flexibility index (Phi) is 4.60. The zero-order valence-corrected chi connectivity index (χ0v) is 10.9. The van der Waals surface area contributed by atoms with Crippen LogP contribution in [0.25, 0.3) is 0 Å². The van der Waals surface area contributed by atoms with Crippen LogP contribution >= 0.6 is 0 Å². The molecule has 90 valence electrons. The molecule has 0 bridgehead atoms. The monoisotopic (exact) mass is 212 g/mol. The maximum absolute atomic E-state index is 3.69. The van der Waals surface area contributed by atoms with Gasteiger partial charge in [-0.25, -0.2) is 0 Å². The fourth-order valence-electron chi connectivity index (χ4n) is 2.48. The van der Waals surface area contributed by atoms with Gasteiger partial charge in [0.15, 0.2) is 0 Å². The highest BCUT2D eigenvalue weighted by atomic mass is 15.1. The molecule has 0 aromatic carbocycles. The van der Waals surface area contributed by atoms with Crippen LogP contribution < -0.4 is 10.6 Å². The minimum absolute atomic E-state index is 0.395. The van der Waals surface area contributed by atoms with Crippen LogP contribution in [0.3, 0.4) is 0 Å². The van der Waals surface area contributed by atoms with Crippen molar-refractivity contribution in [3.8, 4) is 0 Å². The topological polar surface area (TPSA) is 24.1 Å². The second-order valence-electron chi connectivity index (χ2n) is 6.22. The Hall–Kier alpha value is -0.0800. The predicted molar refractivity (Wildman–Crippen MR) is 67.2 cm³/mol. The summed E-state index contributed by atoms with van der Waals surface area (Å²) >= 11 is 0. The van der Waals surface area contributed by atoms with Gasteiger partial charge in [0, 0.05) is 18.6 Å². The molecule has 1 rings (SSSR count). The summed E-state index contributed by atoms with van der Waals surface area (Å²) in [5.74, 6) is 0. The normalized spacial score (nSPS) is 27.2. The van der Waals surface area contributed by atoms with Crippen LogP contribution in [-0.4, -0.2) is 25.2 Å². The molecule has 2 N–H and O–H groups in total. The standard InChI is InChI=1S/C13H28N2/c1-5-7-13(8-6-9-15-13)11-14-10-12(2,3)4/h14-15H,5-11H2,1-4H3. The van der Waals surface area contributed by atoms with E-state index in [4.69, 9.17) is 0 Å². The van der Waals surface area contributed by atoms with E-state index in [0.717, 1.165) is 13.1 Å². The van der Waals surface area contributed by atoms with Gasteiger partial charge in [-0.3, -0.25) is 0 Å². The highest BCUT2D eigenvalue weighted by Crippen LogP contribution is 2.24. The van der Waals surface area contributed by atoms with E-state index in [9.17, 15) is 0 Å². The molecule has 0 radical (unpaired) electrons. The SMILES string of the molecule is CCCC1(CNCC(C)(C)C)CCCN1. The van der Waals surface area contributed by atoms with Crippen molar-refractivity contribution in [3.05, 3.63) is 0 Å². The smallest absolute Gasteiger partial charge is 0.0306 e. The van der Waals surface area contributed by atoms with E-state index in [1.54, 1.807) is 0 Å². The molecule has 2 nitrogen and oxygen atoms in total. The van der Waals surface area contributed by atoms with Crippen molar-refractivity contribution in [1.29, 1.82) is 0 Å². The van der Waals surface area contributed by atoms with Crippen LogP contribution in [0.2, 0.25) is 0 Å². The molecule has 0 aliphatic carbocycles. The summed E-state index contributed by atoms with van der Waals surface area (Å²) in [6, 6.07) is 0. The number of nitrogens with one attached hydrogen (secondary N) is 2. The molecular formula is C13H28N2. The molecule has 2 heteroatoms. The average molecular weight is 212 g/mol. The maximum atomic E-state index is 3.69. The molecule has 1 atom stereocenters. The summed E-state index contributed by atoms with van der Waals surface area (Å²) in [6.07, 6.45) is 5.28. The minimum atomic E-state index is 0.395. The highest BCUT2D eigenvalue weighted by molar-refractivity contribution is 4.94. The number of hydrogen-bond donors (Lipinski definition) is 2. The van der Waals surface area contributed by atoms with Crippen LogP contribution in [0.4, 0.5) is 0 Å². The molecule has 15 heavy (non-hydrogen) atoms. The van der Waals surface area contributed by atoms with Gasteiger partial charge in [0.05, 0.1) is 0 Å². The Bertz CT molecular complexity index is 175. The number of hydrogen-bond acceptors (Lipinski definition) is 2. The Morgan fingerprint density at radius 2 is 2.07 bits per heavy atom. The van der Waals surface area contributed by atoms with Crippen molar-refractivity contribution in [3.63, 3.8) is 0 Å². The Balaban J connectivity index is 2.32. The fraction of sp³-hybridized carbons (Fsp3) is 1.00. The third-order valence-corrected chi connectivity index (χ3v) is 3.18. The lowest BCUT2D eigenvalue weighted by atomic mass is 9.90.